The van der Waals surface area contributed by atoms with Crippen LogP contribution in [0.25, 0.3) is 6.08 Å². The standard InChI is InChI=1S/C18H20FN3O3/c1-3-25-18(24)13-22(12-14-4-7-16(19)8-5-14)17(23)9-6-15-10-20-21(2)11-15/h4-11H,3,12-13H2,1-2H3/b9-6+. The van der Waals surface area contributed by atoms with Crippen molar-refractivity contribution in [1.82, 2.24) is 14.7 Å². The molecule has 0 aliphatic heterocycles. The molecule has 0 aliphatic carbocycles. The Labute approximate surface area is 145 Å². The van der Waals surface area contributed by atoms with Gasteiger partial charge in [-0.3, -0.25) is 14.3 Å². The Morgan fingerprint density at radius 1 is 1.32 bits per heavy atom. The van der Waals surface area contributed by atoms with Crippen LogP contribution in [0.5, 0.6) is 0 Å². The van der Waals surface area contributed by atoms with Crippen molar-refractivity contribution in [3.8, 4) is 0 Å². The van der Waals surface area contributed by atoms with E-state index in [1.807, 2.05) is 0 Å². The van der Waals surface area contributed by atoms with Gasteiger partial charge in [0.1, 0.15) is 12.4 Å². The van der Waals surface area contributed by atoms with E-state index in [-0.39, 0.29) is 31.4 Å². The smallest absolute Gasteiger partial charge is 0.325 e. The summed E-state index contributed by atoms with van der Waals surface area (Å²) in [6, 6.07) is 5.78. The van der Waals surface area contributed by atoms with E-state index >= 15 is 0 Å². The quantitative estimate of drug-likeness (QED) is 0.570. The number of ether oxygens (including phenoxy) is 1. The number of aryl methyl sites for hydroxylation is 1. The molecule has 0 bridgehead atoms. The van der Waals surface area contributed by atoms with Crippen molar-refractivity contribution >= 4 is 18.0 Å². The maximum atomic E-state index is 13.0. The van der Waals surface area contributed by atoms with Gasteiger partial charge in [0.05, 0.1) is 12.8 Å². The number of carbonyl (C=O) groups is 2. The van der Waals surface area contributed by atoms with Crippen molar-refractivity contribution < 1.29 is 18.7 Å². The largest absolute Gasteiger partial charge is 0.465 e. The third-order valence-electron chi connectivity index (χ3n) is 3.37. The molecule has 0 saturated heterocycles. The molecule has 1 aromatic heterocycles. The van der Waals surface area contributed by atoms with Crippen LogP contribution in [-0.4, -0.2) is 39.7 Å². The molecule has 0 unspecified atom stereocenters. The summed E-state index contributed by atoms with van der Waals surface area (Å²) in [4.78, 5) is 25.6. The Kier molecular flexibility index (Phi) is 6.45. The van der Waals surface area contributed by atoms with Crippen LogP contribution in [0.1, 0.15) is 18.1 Å². The number of hydrogen-bond acceptors (Lipinski definition) is 4. The second-order valence-corrected chi connectivity index (χ2v) is 5.41. The summed E-state index contributed by atoms with van der Waals surface area (Å²) >= 11 is 0. The number of amides is 1. The summed E-state index contributed by atoms with van der Waals surface area (Å²) in [6.45, 7) is 1.94. The average Bonchev–Trinajstić information content (AvgIpc) is 2.99. The van der Waals surface area contributed by atoms with Gasteiger partial charge >= 0.3 is 5.97 Å². The van der Waals surface area contributed by atoms with E-state index in [1.165, 1.54) is 23.1 Å². The molecule has 0 aliphatic rings. The number of aromatic nitrogens is 2. The Morgan fingerprint density at radius 2 is 2.04 bits per heavy atom. The lowest BCUT2D eigenvalue weighted by Crippen LogP contribution is -2.35. The number of esters is 1. The van der Waals surface area contributed by atoms with Crippen LogP contribution in [0.15, 0.2) is 42.7 Å². The highest BCUT2D eigenvalue weighted by Crippen LogP contribution is 2.09. The molecule has 1 aromatic carbocycles. The molecular formula is C18H20FN3O3. The van der Waals surface area contributed by atoms with Crippen LogP contribution in [0.4, 0.5) is 4.39 Å². The molecular weight excluding hydrogens is 325 g/mol. The highest BCUT2D eigenvalue weighted by atomic mass is 19.1. The van der Waals surface area contributed by atoms with E-state index in [2.05, 4.69) is 5.10 Å². The molecule has 1 heterocycles. The molecule has 2 rings (SSSR count). The summed E-state index contributed by atoms with van der Waals surface area (Å²) < 4.78 is 19.6. The normalized spacial score (nSPS) is 10.8. The second-order valence-electron chi connectivity index (χ2n) is 5.41. The van der Waals surface area contributed by atoms with Gasteiger partial charge < -0.3 is 9.64 Å². The highest BCUT2D eigenvalue weighted by Gasteiger charge is 2.16. The van der Waals surface area contributed by atoms with Gasteiger partial charge in [-0.05, 0) is 30.7 Å². The lowest BCUT2D eigenvalue weighted by molar-refractivity contribution is -0.148. The molecule has 0 atom stereocenters. The molecule has 0 spiro atoms. The first-order valence-corrected chi connectivity index (χ1v) is 7.83. The first kappa shape index (κ1) is 18.4. The summed E-state index contributed by atoms with van der Waals surface area (Å²) in [6.07, 6.45) is 6.39. The van der Waals surface area contributed by atoms with Crippen molar-refractivity contribution in [3.05, 3.63) is 59.7 Å². The van der Waals surface area contributed by atoms with Crippen molar-refractivity contribution in [2.75, 3.05) is 13.2 Å². The molecule has 132 valence electrons. The van der Waals surface area contributed by atoms with E-state index in [4.69, 9.17) is 4.74 Å². The van der Waals surface area contributed by atoms with E-state index in [0.29, 0.717) is 5.56 Å². The van der Waals surface area contributed by atoms with Gasteiger partial charge in [0.2, 0.25) is 5.91 Å². The van der Waals surface area contributed by atoms with Crippen molar-refractivity contribution in [1.29, 1.82) is 0 Å². The fourth-order valence-corrected chi connectivity index (χ4v) is 2.18. The molecule has 1 amide bonds. The third kappa shape index (κ3) is 5.87. The Hall–Kier alpha value is -2.96. The van der Waals surface area contributed by atoms with E-state index in [1.54, 1.807) is 49.3 Å². The Bertz CT molecular complexity index is 753. The number of carbonyl (C=O) groups excluding carboxylic acids is 2. The predicted octanol–water partition coefficient (Wildman–Crippen LogP) is 2.16. The zero-order valence-electron chi connectivity index (χ0n) is 14.2. The number of hydrogen-bond donors (Lipinski definition) is 0. The molecule has 0 fully saturated rings. The van der Waals surface area contributed by atoms with Gasteiger partial charge in [-0.25, -0.2) is 4.39 Å². The number of benzene rings is 1. The summed E-state index contributed by atoms with van der Waals surface area (Å²) in [5.41, 5.74) is 1.49. The number of nitrogens with zero attached hydrogens (tertiary/aromatic N) is 3. The average molecular weight is 345 g/mol. The van der Waals surface area contributed by atoms with Crippen molar-refractivity contribution in [3.63, 3.8) is 0 Å². The highest BCUT2D eigenvalue weighted by molar-refractivity contribution is 5.93. The van der Waals surface area contributed by atoms with E-state index in [0.717, 1.165) is 5.56 Å². The predicted molar refractivity (Wildman–Crippen MR) is 90.7 cm³/mol. The van der Waals surface area contributed by atoms with E-state index < -0.39 is 5.97 Å². The van der Waals surface area contributed by atoms with Gasteiger partial charge in [-0.1, -0.05) is 12.1 Å². The van der Waals surface area contributed by atoms with Gasteiger partial charge in [0, 0.05) is 31.4 Å². The molecule has 0 saturated carbocycles. The molecule has 7 heteroatoms. The van der Waals surface area contributed by atoms with Crippen molar-refractivity contribution in [2.45, 2.75) is 13.5 Å². The van der Waals surface area contributed by atoms with Crippen LogP contribution in [0, 0.1) is 5.82 Å². The molecule has 0 radical (unpaired) electrons. The SMILES string of the molecule is CCOC(=O)CN(Cc1ccc(F)cc1)C(=O)/C=C/c1cnn(C)c1. The lowest BCUT2D eigenvalue weighted by atomic mass is 10.2. The fraction of sp³-hybridized carbons (Fsp3) is 0.278. The van der Waals surface area contributed by atoms with Crippen LogP contribution in [-0.2, 0) is 27.9 Å². The Morgan fingerprint density at radius 3 is 2.64 bits per heavy atom. The maximum absolute atomic E-state index is 13.0. The lowest BCUT2D eigenvalue weighted by Gasteiger charge is -2.20. The second kappa shape index (κ2) is 8.77. The Balaban J connectivity index is 2.11. The summed E-state index contributed by atoms with van der Waals surface area (Å²) in [7, 11) is 1.78. The summed E-state index contributed by atoms with van der Waals surface area (Å²) in [5.74, 6) is -1.20. The first-order chi connectivity index (χ1) is 12.0. The van der Waals surface area contributed by atoms with Crippen molar-refractivity contribution in [2.24, 2.45) is 7.05 Å². The van der Waals surface area contributed by atoms with Crippen LogP contribution < -0.4 is 0 Å². The molecule has 2 aromatic rings. The molecule has 25 heavy (non-hydrogen) atoms. The minimum Gasteiger partial charge on any atom is -0.465 e. The number of rotatable bonds is 7. The van der Waals surface area contributed by atoms with Crippen LogP contribution in [0.3, 0.4) is 0 Å². The third-order valence-corrected chi connectivity index (χ3v) is 3.37. The fourth-order valence-electron chi connectivity index (χ4n) is 2.18. The zero-order valence-corrected chi connectivity index (χ0v) is 14.2. The van der Waals surface area contributed by atoms with Gasteiger partial charge in [0.15, 0.2) is 0 Å². The van der Waals surface area contributed by atoms with Crippen LogP contribution in [0.2, 0.25) is 0 Å². The monoisotopic (exact) mass is 345 g/mol. The topological polar surface area (TPSA) is 64.4 Å². The van der Waals surface area contributed by atoms with Crippen LogP contribution >= 0.6 is 0 Å². The zero-order chi connectivity index (χ0) is 18.2. The van der Waals surface area contributed by atoms with E-state index in [9.17, 15) is 14.0 Å². The minimum absolute atomic E-state index is 0.176. The van der Waals surface area contributed by atoms with Gasteiger partial charge in [0.25, 0.3) is 0 Å². The maximum Gasteiger partial charge on any atom is 0.325 e. The van der Waals surface area contributed by atoms with Gasteiger partial charge in [-0.2, -0.15) is 5.10 Å². The minimum atomic E-state index is -0.493. The molecule has 6 nitrogen and oxygen atoms in total. The molecule has 0 N–H and O–H groups in total. The first-order valence-electron chi connectivity index (χ1n) is 7.83. The summed E-state index contributed by atoms with van der Waals surface area (Å²) in [5, 5.41) is 4.02. The number of halogens is 1. The van der Waals surface area contributed by atoms with Gasteiger partial charge in [-0.15, -0.1) is 0 Å².